The molecule has 98 valence electrons. The van der Waals surface area contributed by atoms with Crippen LogP contribution < -0.4 is 5.32 Å². The zero-order chi connectivity index (χ0) is 12.8. The summed E-state index contributed by atoms with van der Waals surface area (Å²) in [7, 11) is 0. The fourth-order valence-electron chi connectivity index (χ4n) is 3.62. The molecule has 2 aromatic rings. The van der Waals surface area contributed by atoms with Gasteiger partial charge in [-0.05, 0) is 38.3 Å². The zero-order valence-corrected chi connectivity index (χ0v) is 11.1. The van der Waals surface area contributed by atoms with Gasteiger partial charge >= 0.3 is 0 Å². The van der Waals surface area contributed by atoms with Gasteiger partial charge in [0.25, 0.3) is 0 Å². The molecule has 4 rings (SSSR count). The number of aromatic nitrogens is 3. The summed E-state index contributed by atoms with van der Waals surface area (Å²) in [5.41, 5.74) is 1.17. The van der Waals surface area contributed by atoms with Crippen molar-refractivity contribution in [1.82, 2.24) is 20.1 Å². The van der Waals surface area contributed by atoms with Crippen molar-refractivity contribution < 1.29 is 0 Å². The zero-order valence-electron chi connectivity index (χ0n) is 11.1. The van der Waals surface area contributed by atoms with Gasteiger partial charge in [-0.15, -0.1) is 10.2 Å². The van der Waals surface area contributed by atoms with Gasteiger partial charge in [-0.3, -0.25) is 4.57 Å². The normalized spacial score (nSPS) is 29.0. The smallest absolute Gasteiger partial charge is 0.142 e. The highest BCUT2D eigenvalue weighted by Crippen LogP contribution is 2.39. The van der Waals surface area contributed by atoms with Crippen molar-refractivity contribution in [2.45, 2.75) is 44.2 Å². The summed E-state index contributed by atoms with van der Waals surface area (Å²) in [6.07, 6.45) is 3.80. The average molecular weight is 254 g/mol. The second-order valence-corrected chi connectivity index (χ2v) is 5.67. The van der Waals surface area contributed by atoms with E-state index in [1.165, 1.54) is 24.9 Å². The third-order valence-corrected chi connectivity index (χ3v) is 4.50. The minimum Gasteiger partial charge on any atom is -0.310 e. The van der Waals surface area contributed by atoms with Crippen LogP contribution in [0.2, 0.25) is 0 Å². The third kappa shape index (κ3) is 1.70. The van der Waals surface area contributed by atoms with Gasteiger partial charge in [0.2, 0.25) is 0 Å². The van der Waals surface area contributed by atoms with Gasteiger partial charge in [-0.25, -0.2) is 0 Å². The van der Waals surface area contributed by atoms with E-state index < -0.39 is 0 Å². The molecular formula is C15H18N4. The molecular weight excluding hydrogens is 236 g/mol. The van der Waals surface area contributed by atoms with E-state index >= 15 is 0 Å². The monoisotopic (exact) mass is 254 g/mol. The maximum absolute atomic E-state index is 4.47. The van der Waals surface area contributed by atoms with Crippen LogP contribution in [0.15, 0.2) is 30.3 Å². The highest BCUT2D eigenvalue weighted by Gasteiger charge is 2.42. The molecule has 1 aromatic carbocycles. The van der Waals surface area contributed by atoms with Crippen molar-refractivity contribution in [2.24, 2.45) is 0 Å². The van der Waals surface area contributed by atoms with E-state index in [9.17, 15) is 0 Å². The number of rotatable bonds is 2. The maximum Gasteiger partial charge on any atom is 0.142 e. The lowest BCUT2D eigenvalue weighted by molar-refractivity contribution is 0.480. The lowest BCUT2D eigenvalue weighted by Crippen LogP contribution is -2.23. The van der Waals surface area contributed by atoms with E-state index in [1.807, 2.05) is 13.0 Å². The van der Waals surface area contributed by atoms with Gasteiger partial charge < -0.3 is 5.32 Å². The van der Waals surface area contributed by atoms with Gasteiger partial charge in [-0.1, -0.05) is 18.2 Å². The van der Waals surface area contributed by atoms with Crippen LogP contribution in [-0.2, 0) is 0 Å². The van der Waals surface area contributed by atoms with Crippen molar-refractivity contribution in [3.8, 4) is 5.69 Å². The van der Waals surface area contributed by atoms with Crippen molar-refractivity contribution in [3.63, 3.8) is 0 Å². The van der Waals surface area contributed by atoms with E-state index in [0.29, 0.717) is 18.0 Å². The Morgan fingerprint density at radius 2 is 2.00 bits per heavy atom. The molecule has 0 aliphatic carbocycles. The summed E-state index contributed by atoms with van der Waals surface area (Å²) >= 11 is 0. The average Bonchev–Trinajstić information content (AvgIpc) is 3.14. The van der Waals surface area contributed by atoms with Gasteiger partial charge in [-0.2, -0.15) is 0 Å². The highest BCUT2D eigenvalue weighted by atomic mass is 15.3. The first-order valence-electron chi connectivity index (χ1n) is 7.06. The first-order valence-corrected chi connectivity index (χ1v) is 7.06. The SMILES string of the molecule is Cc1nnc(C2CC3CCC2N3)n1-c1ccccc1. The molecule has 0 radical (unpaired) electrons. The topological polar surface area (TPSA) is 42.7 Å². The molecule has 3 atom stereocenters. The van der Waals surface area contributed by atoms with E-state index in [1.54, 1.807) is 0 Å². The van der Waals surface area contributed by atoms with E-state index in [2.05, 4.69) is 44.3 Å². The number of aryl methyl sites for hydroxylation is 1. The molecule has 3 heterocycles. The van der Waals surface area contributed by atoms with Crippen molar-refractivity contribution in [3.05, 3.63) is 42.0 Å². The molecule has 1 N–H and O–H groups in total. The Hall–Kier alpha value is -1.68. The molecule has 2 aliphatic heterocycles. The molecule has 1 aromatic heterocycles. The molecule has 0 spiro atoms. The number of fused-ring (bicyclic) bond motifs is 2. The Balaban J connectivity index is 1.78. The van der Waals surface area contributed by atoms with E-state index in [-0.39, 0.29) is 0 Å². The second kappa shape index (κ2) is 4.17. The lowest BCUT2D eigenvalue weighted by Gasteiger charge is -2.20. The summed E-state index contributed by atoms with van der Waals surface area (Å²) in [5, 5.41) is 12.5. The Kier molecular flexibility index (Phi) is 2.45. The Morgan fingerprint density at radius 3 is 2.68 bits per heavy atom. The molecule has 2 aliphatic rings. The molecule has 3 unspecified atom stereocenters. The van der Waals surface area contributed by atoms with Gasteiger partial charge in [0.15, 0.2) is 0 Å². The van der Waals surface area contributed by atoms with Crippen LogP contribution in [0.25, 0.3) is 5.69 Å². The quantitative estimate of drug-likeness (QED) is 0.893. The number of nitrogens with zero attached hydrogens (tertiary/aromatic N) is 3. The van der Waals surface area contributed by atoms with Gasteiger partial charge in [0.1, 0.15) is 11.6 Å². The maximum atomic E-state index is 4.47. The van der Waals surface area contributed by atoms with Crippen LogP contribution in [0, 0.1) is 6.92 Å². The minimum absolute atomic E-state index is 0.514. The standard InChI is InChI=1S/C15H18N4/c1-10-17-18-15(13-9-11-7-8-14(13)16-11)19(10)12-5-3-2-4-6-12/h2-6,11,13-14,16H,7-9H2,1H3. The predicted molar refractivity (Wildman–Crippen MR) is 73.4 cm³/mol. The molecule has 2 bridgehead atoms. The van der Waals surface area contributed by atoms with Gasteiger partial charge in [0.05, 0.1) is 0 Å². The fraction of sp³-hybridized carbons (Fsp3) is 0.467. The number of benzene rings is 1. The number of para-hydroxylation sites is 1. The summed E-state index contributed by atoms with van der Waals surface area (Å²) in [6, 6.07) is 11.7. The van der Waals surface area contributed by atoms with Gasteiger partial charge in [0, 0.05) is 23.7 Å². The number of hydrogen-bond acceptors (Lipinski definition) is 3. The summed E-state index contributed by atoms with van der Waals surface area (Å²) in [5.74, 6) is 2.62. The van der Waals surface area contributed by atoms with Crippen LogP contribution in [-0.4, -0.2) is 26.8 Å². The minimum atomic E-state index is 0.514. The predicted octanol–water partition coefficient (Wildman–Crippen LogP) is 2.18. The molecule has 2 saturated heterocycles. The third-order valence-electron chi connectivity index (χ3n) is 4.50. The van der Waals surface area contributed by atoms with Crippen LogP contribution in [0.4, 0.5) is 0 Å². The molecule has 4 nitrogen and oxygen atoms in total. The second-order valence-electron chi connectivity index (χ2n) is 5.67. The molecule has 19 heavy (non-hydrogen) atoms. The number of hydrogen-bond donors (Lipinski definition) is 1. The highest BCUT2D eigenvalue weighted by molar-refractivity contribution is 5.35. The molecule has 2 fully saturated rings. The van der Waals surface area contributed by atoms with E-state index in [4.69, 9.17) is 0 Å². The first-order chi connectivity index (χ1) is 9.33. The van der Waals surface area contributed by atoms with Crippen LogP contribution in [0.5, 0.6) is 0 Å². The van der Waals surface area contributed by atoms with E-state index in [0.717, 1.165) is 11.6 Å². The van der Waals surface area contributed by atoms with Crippen molar-refractivity contribution >= 4 is 0 Å². The lowest BCUT2D eigenvalue weighted by atomic mass is 9.88. The fourth-order valence-corrected chi connectivity index (χ4v) is 3.62. The first kappa shape index (κ1) is 11.2. The summed E-state index contributed by atoms with van der Waals surface area (Å²) in [6.45, 7) is 2.03. The molecule has 0 amide bonds. The Labute approximate surface area is 112 Å². The Bertz CT molecular complexity index is 589. The molecule has 0 saturated carbocycles. The van der Waals surface area contributed by atoms with Crippen LogP contribution >= 0.6 is 0 Å². The van der Waals surface area contributed by atoms with Crippen LogP contribution in [0.3, 0.4) is 0 Å². The largest absolute Gasteiger partial charge is 0.310 e. The Morgan fingerprint density at radius 1 is 1.16 bits per heavy atom. The summed E-state index contributed by atoms with van der Waals surface area (Å²) in [4.78, 5) is 0. The van der Waals surface area contributed by atoms with Crippen molar-refractivity contribution in [1.29, 1.82) is 0 Å². The van der Waals surface area contributed by atoms with Crippen molar-refractivity contribution in [2.75, 3.05) is 0 Å². The van der Waals surface area contributed by atoms with Crippen LogP contribution in [0.1, 0.15) is 36.8 Å². The number of nitrogens with one attached hydrogen (secondary N) is 1. The summed E-state index contributed by atoms with van der Waals surface area (Å²) < 4.78 is 2.22. The molecule has 4 heteroatoms.